The van der Waals surface area contributed by atoms with Gasteiger partial charge in [0.15, 0.2) is 0 Å². The molecule has 1 aliphatic carbocycles. The number of piperazine rings is 1. The molecule has 0 aromatic carbocycles. The van der Waals surface area contributed by atoms with Gasteiger partial charge in [0, 0.05) is 32.2 Å². The van der Waals surface area contributed by atoms with Gasteiger partial charge in [-0.05, 0) is 69.9 Å². The normalized spacial score (nSPS) is 26.1. The van der Waals surface area contributed by atoms with Gasteiger partial charge in [-0.3, -0.25) is 9.59 Å². The minimum absolute atomic E-state index is 0.0985. The van der Waals surface area contributed by atoms with Gasteiger partial charge in [0.05, 0.1) is 12.6 Å². The van der Waals surface area contributed by atoms with Crippen LogP contribution in [0.1, 0.15) is 73.1 Å². The van der Waals surface area contributed by atoms with Crippen LogP contribution in [0.3, 0.4) is 0 Å². The van der Waals surface area contributed by atoms with Gasteiger partial charge in [-0.15, -0.1) is 0 Å². The molecule has 180 valence electrons. The monoisotopic (exact) mass is 436 g/mol. The van der Waals surface area contributed by atoms with Crippen molar-refractivity contribution in [3.8, 4) is 0 Å². The van der Waals surface area contributed by atoms with Crippen LogP contribution in [0.25, 0.3) is 0 Å². The fourth-order valence-electron chi connectivity index (χ4n) is 5.17. The lowest BCUT2D eigenvalue weighted by atomic mass is 9.76. The van der Waals surface area contributed by atoms with Crippen molar-refractivity contribution in [2.75, 3.05) is 46.8 Å². The summed E-state index contributed by atoms with van der Waals surface area (Å²) in [5.74, 6) is 1.53. The molecule has 1 spiro atoms. The lowest BCUT2D eigenvalue weighted by molar-refractivity contribution is -0.144. The van der Waals surface area contributed by atoms with Crippen molar-refractivity contribution < 1.29 is 9.59 Å². The van der Waals surface area contributed by atoms with E-state index in [2.05, 4.69) is 58.9 Å². The van der Waals surface area contributed by atoms with Gasteiger partial charge in [0.2, 0.25) is 11.8 Å². The highest BCUT2D eigenvalue weighted by molar-refractivity contribution is 5.88. The third-order valence-corrected chi connectivity index (χ3v) is 7.00. The molecule has 3 fully saturated rings. The lowest BCUT2D eigenvalue weighted by Crippen LogP contribution is -2.58. The van der Waals surface area contributed by atoms with Gasteiger partial charge in [0.1, 0.15) is 0 Å². The Hall–Kier alpha value is -1.14. The van der Waals surface area contributed by atoms with Crippen molar-refractivity contribution in [2.45, 2.75) is 85.2 Å². The van der Waals surface area contributed by atoms with Gasteiger partial charge >= 0.3 is 0 Å². The van der Waals surface area contributed by atoms with Gasteiger partial charge in [0.25, 0.3) is 0 Å². The number of amides is 2. The highest BCUT2D eigenvalue weighted by Crippen LogP contribution is 2.47. The fourth-order valence-corrected chi connectivity index (χ4v) is 5.17. The maximum absolute atomic E-state index is 12.8. The predicted molar refractivity (Wildman–Crippen MR) is 128 cm³/mol. The molecule has 1 N–H and O–H groups in total. The van der Waals surface area contributed by atoms with E-state index < -0.39 is 0 Å². The zero-order valence-corrected chi connectivity index (χ0v) is 21.2. The molecular formula is C25H48N4O2. The van der Waals surface area contributed by atoms with E-state index >= 15 is 0 Å². The summed E-state index contributed by atoms with van der Waals surface area (Å²) in [6.45, 7) is 14.2. The summed E-state index contributed by atoms with van der Waals surface area (Å²) in [4.78, 5) is 31.6. The molecule has 0 radical (unpaired) electrons. The van der Waals surface area contributed by atoms with Crippen molar-refractivity contribution in [3.63, 3.8) is 0 Å². The molecule has 6 heteroatoms. The number of hydrogen-bond donors (Lipinski definition) is 1. The van der Waals surface area contributed by atoms with Crippen molar-refractivity contribution >= 4 is 11.8 Å². The van der Waals surface area contributed by atoms with Crippen LogP contribution in [-0.4, -0.2) is 85.4 Å². The molecule has 2 atom stereocenters. The molecule has 0 bridgehead atoms. The number of piperidine rings is 1. The second kappa shape index (κ2) is 11.6. The van der Waals surface area contributed by atoms with Crippen LogP contribution in [0.15, 0.2) is 0 Å². The summed E-state index contributed by atoms with van der Waals surface area (Å²) in [6, 6.07) is 0.571. The maximum Gasteiger partial charge on any atom is 0.242 e. The second-order valence-corrected chi connectivity index (χ2v) is 11.4. The first kappa shape index (κ1) is 26.1. The van der Waals surface area contributed by atoms with Gasteiger partial charge < -0.3 is 20.0 Å². The molecule has 1 saturated carbocycles. The average molecular weight is 437 g/mol. The number of hydrogen-bond acceptors (Lipinski definition) is 4. The summed E-state index contributed by atoms with van der Waals surface area (Å²) in [7, 11) is 4.36. The summed E-state index contributed by atoms with van der Waals surface area (Å²) in [6.07, 6.45) is 6.93. The Labute approximate surface area is 191 Å². The Morgan fingerprint density at radius 3 is 2.23 bits per heavy atom. The Bertz CT molecular complexity index is 579. The fraction of sp³-hybridized carbons (Fsp3) is 0.920. The molecular weight excluding hydrogens is 388 g/mol. The predicted octanol–water partition coefficient (Wildman–Crippen LogP) is 3.22. The topological polar surface area (TPSA) is 55.9 Å². The third kappa shape index (κ3) is 7.74. The van der Waals surface area contributed by atoms with E-state index in [1.165, 1.54) is 19.3 Å². The van der Waals surface area contributed by atoms with E-state index in [1.54, 1.807) is 4.90 Å². The zero-order valence-electron chi connectivity index (χ0n) is 21.2. The Morgan fingerprint density at radius 2 is 1.71 bits per heavy atom. The van der Waals surface area contributed by atoms with Crippen LogP contribution in [0, 0.1) is 17.3 Å². The first-order valence-electron chi connectivity index (χ1n) is 12.5. The zero-order chi connectivity index (χ0) is 23.2. The van der Waals surface area contributed by atoms with E-state index in [4.69, 9.17) is 0 Å². The molecule has 2 amide bonds. The van der Waals surface area contributed by atoms with Crippen molar-refractivity contribution in [1.82, 2.24) is 20.0 Å². The standard InChI is InChI=1S/C21H38N4O2.C4H10/c1-16(2)13-18-20(27)25(12-9-22-18)15-19(26)24-10-7-21(8-11-24)6-5-17(14-21)23(3)4;1-4(2)3/h16-18,22H,5-15H2,1-4H3;4H,1-3H3. The minimum atomic E-state index is -0.127. The lowest BCUT2D eigenvalue weighted by Gasteiger charge is -2.41. The highest BCUT2D eigenvalue weighted by Gasteiger charge is 2.42. The molecule has 2 heterocycles. The van der Waals surface area contributed by atoms with E-state index in [0.717, 1.165) is 44.8 Å². The number of nitrogens with one attached hydrogen (secondary N) is 1. The van der Waals surface area contributed by atoms with Crippen LogP contribution in [0.2, 0.25) is 0 Å². The first-order chi connectivity index (χ1) is 14.5. The molecule has 0 aromatic heterocycles. The molecule has 0 aromatic rings. The number of likely N-dealkylation sites (tertiary alicyclic amines) is 1. The summed E-state index contributed by atoms with van der Waals surface area (Å²) in [5.41, 5.74) is 0.443. The second-order valence-electron chi connectivity index (χ2n) is 11.4. The quantitative estimate of drug-likeness (QED) is 0.719. The number of nitrogens with zero attached hydrogens (tertiary/aromatic N) is 3. The van der Waals surface area contributed by atoms with E-state index in [1.807, 2.05) is 4.90 Å². The molecule has 3 rings (SSSR count). The molecule has 2 unspecified atom stereocenters. The first-order valence-corrected chi connectivity index (χ1v) is 12.5. The van der Waals surface area contributed by atoms with Gasteiger partial charge in [-0.1, -0.05) is 34.6 Å². The van der Waals surface area contributed by atoms with Crippen molar-refractivity contribution in [1.29, 1.82) is 0 Å². The van der Waals surface area contributed by atoms with Crippen molar-refractivity contribution in [3.05, 3.63) is 0 Å². The van der Waals surface area contributed by atoms with Crippen molar-refractivity contribution in [2.24, 2.45) is 17.3 Å². The molecule has 3 aliphatic rings. The van der Waals surface area contributed by atoms with Gasteiger partial charge in [-0.2, -0.15) is 0 Å². The van der Waals surface area contributed by atoms with Crippen LogP contribution < -0.4 is 5.32 Å². The van der Waals surface area contributed by atoms with Crippen LogP contribution in [0.4, 0.5) is 0 Å². The largest absolute Gasteiger partial charge is 0.341 e. The minimum Gasteiger partial charge on any atom is -0.341 e. The average Bonchev–Trinajstić information content (AvgIpc) is 3.09. The maximum atomic E-state index is 12.8. The van der Waals surface area contributed by atoms with Crippen LogP contribution >= 0.6 is 0 Å². The number of rotatable bonds is 5. The summed E-state index contributed by atoms with van der Waals surface area (Å²) in [5, 5.41) is 3.31. The van der Waals surface area contributed by atoms with E-state index in [9.17, 15) is 9.59 Å². The Kier molecular flexibility index (Phi) is 9.81. The summed E-state index contributed by atoms with van der Waals surface area (Å²) < 4.78 is 0. The van der Waals surface area contributed by atoms with E-state index in [-0.39, 0.29) is 24.4 Å². The van der Waals surface area contributed by atoms with Gasteiger partial charge in [-0.25, -0.2) is 0 Å². The number of carbonyl (C=O) groups excluding carboxylic acids is 2. The van der Waals surface area contributed by atoms with E-state index in [0.29, 0.717) is 23.9 Å². The Balaban J connectivity index is 0.000000785. The Morgan fingerprint density at radius 1 is 1.10 bits per heavy atom. The smallest absolute Gasteiger partial charge is 0.242 e. The van der Waals surface area contributed by atoms with Crippen LogP contribution in [-0.2, 0) is 9.59 Å². The molecule has 31 heavy (non-hydrogen) atoms. The van der Waals surface area contributed by atoms with Crippen LogP contribution in [0.5, 0.6) is 0 Å². The third-order valence-electron chi connectivity index (χ3n) is 7.00. The molecule has 2 saturated heterocycles. The molecule has 2 aliphatic heterocycles. The highest BCUT2D eigenvalue weighted by atomic mass is 16.2. The SMILES string of the molecule is CC(C)C.CC(C)CC1NCCN(CC(=O)N2CCC3(CCC(N(C)C)C3)CC2)C1=O. The summed E-state index contributed by atoms with van der Waals surface area (Å²) >= 11 is 0. The molecule has 6 nitrogen and oxygen atoms in total. The number of carbonyl (C=O) groups is 2.